The topological polar surface area (TPSA) is 90.6 Å². The van der Waals surface area contributed by atoms with Crippen LogP contribution in [0.4, 0.5) is 5.82 Å². The van der Waals surface area contributed by atoms with Crippen LogP contribution in [-0.2, 0) is 19.6 Å². The van der Waals surface area contributed by atoms with Crippen molar-refractivity contribution >= 4 is 11.7 Å². The number of benzene rings is 1. The number of carbonyl (C=O) groups is 1. The molecule has 0 fully saturated rings. The smallest absolute Gasteiger partial charge is 0.254 e. The molecule has 3 N–H and O–H groups in total. The summed E-state index contributed by atoms with van der Waals surface area (Å²) in [5.74, 6) is 0.793. The molecule has 184 valence electrons. The van der Waals surface area contributed by atoms with Crippen molar-refractivity contribution in [1.29, 1.82) is 0 Å². The number of hydrazine groups is 1. The first-order valence-corrected chi connectivity index (χ1v) is 12.1. The number of anilines is 1. The summed E-state index contributed by atoms with van der Waals surface area (Å²) in [7, 11) is 3.90. The average molecular weight is 474 g/mol. The summed E-state index contributed by atoms with van der Waals surface area (Å²) in [5.41, 5.74) is 14.7. The van der Waals surface area contributed by atoms with E-state index in [-0.39, 0.29) is 11.9 Å². The van der Waals surface area contributed by atoms with E-state index in [1.165, 1.54) is 5.56 Å². The van der Waals surface area contributed by atoms with Gasteiger partial charge >= 0.3 is 0 Å². The maximum atomic E-state index is 13.7. The molecule has 1 amide bonds. The second-order valence-corrected chi connectivity index (χ2v) is 9.41. The van der Waals surface area contributed by atoms with Crippen LogP contribution in [0, 0.1) is 0 Å². The number of hydrogen-bond donors (Lipinski definition) is 2. The van der Waals surface area contributed by atoms with Crippen molar-refractivity contribution in [2.75, 3.05) is 32.2 Å². The van der Waals surface area contributed by atoms with Crippen molar-refractivity contribution < 1.29 is 4.79 Å². The third-order valence-corrected chi connectivity index (χ3v) is 6.18. The van der Waals surface area contributed by atoms with E-state index in [9.17, 15) is 4.79 Å². The first kappa shape index (κ1) is 24.8. The number of carbonyl (C=O) groups excluding carboxylic acids is 1. The van der Waals surface area contributed by atoms with Crippen molar-refractivity contribution in [3.8, 4) is 11.3 Å². The van der Waals surface area contributed by atoms with Gasteiger partial charge in [0.05, 0.1) is 5.69 Å². The Morgan fingerprint density at radius 3 is 2.66 bits per heavy atom. The standard InChI is InChI=1S/C27H35N7O/c1-19(2)34-26-24(16-30-34)23(27(35)33(4)18-21-8-6-11-29-15-21)14-25(31-26)22-9-5-7-20(13-22)17-32(3)12-10-28/h5-9,11,13-15,19,30H,10,12,16-18,28H2,1-4H3. The van der Waals surface area contributed by atoms with Crippen LogP contribution in [0.1, 0.15) is 40.9 Å². The van der Waals surface area contributed by atoms with Crippen molar-refractivity contribution in [1.82, 2.24) is 25.2 Å². The quantitative estimate of drug-likeness (QED) is 0.494. The molecule has 2 aromatic heterocycles. The number of rotatable bonds is 9. The molecule has 1 aliphatic heterocycles. The predicted octanol–water partition coefficient (Wildman–Crippen LogP) is 3.04. The Bertz CT molecular complexity index is 1170. The second kappa shape index (κ2) is 10.9. The number of nitrogens with zero attached hydrogens (tertiary/aromatic N) is 5. The molecule has 8 nitrogen and oxygen atoms in total. The Kier molecular flexibility index (Phi) is 7.75. The zero-order valence-electron chi connectivity index (χ0n) is 21.0. The number of aromatic nitrogens is 2. The van der Waals surface area contributed by atoms with Crippen LogP contribution in [-0.4, -0.2) is 58.9 Å². The van der Waals surface area contributed by atoms with Crippen LogP contribution < -0.4 is 16.2 Å². The minimum absolute atomic E-state index is 0.0278. The molecular weight excluding hydrogens is 438 g/mol. The summed E-state index contributed by atoms with van der Waals surface area (Å²) in [6.45, 7) is 7.54. The van der Waals surface area contributed by atoms with Crippen LogP contribution in [0.15, 0.2) is 54.9 Å². The van der Waals surface area contributed by atoms with E-state index in [0.29, 0.717) is 25.2 Å². The summed E-state index contributed by atoms with van der Waals surface area (Å²) in [4.78, 5) is 26.8. The molecule has 4 rings (SSSR count). The minimum Gasteiger partial charge on any atom is -0.337 e. The monoisotopic (exact) mass is 473 g/mol. The Balaban J connectivity index is 1.71. The number of amides is 1. The molecule has 0 unspecified atom stereocenters. The van der Waals surface area contributed by atoms with E-state index in [4.69, 9.17) is 10.7 Å². The molecule has 35 heavy (non-hydrogen) atoms. The SMILES string of the molecule is CC(C)N1NCc2c(C(=O)N(C)Cc3cccnc3)cc(-c3cccc(CN(C)CCN)c3)nc21. The molecule has 0 saturated heterocycles. The molecule has 3 heterocycles. The molecule has 3 aromatic rings. The Labute approximate surface area is 207 Å². The molecule has 1 aliphatic rings. The number of nitrogens with two attached hydrogens (primary N) is 1. The van der Waals surface area contributed by atoms with Gasteiger partial charge in [-0.1, -0.05) is 24.3 Å². The van der Waals surface area contributed by atoms with Gasteiger partial charge in [0.1, 0.15) is 5.82 Å². The summed E-state index contributed by atoms with van der Waals surface area (Å²) in [5, 5.41) is 2.05. The normalized spacial score (nSPS) is 12.9. The Morgan fingerprint density at radius 2 is 1.94 bits per heavy atom. The van der Waals surface area contributed by atoms with E-state index in [2.05, 4.69) is 59.4 Å². The molecule has 0 bridgehead atoms. The molecule has 0 spiro atoms. The van der Waals surface area contributed by atoms with Crippen molar-refractivity contribution in [2.45, 2.75) is 39.5 Å². The molecule has 0 aliphatic carbocycles. The van der Waals surface area contributed by atoms with Gasteiger partial charge in [0.2, 0.25) is 0 Å². The fourth-order valence-electron chi connectivity index (χ4n) is 4.42. The molecule has 8 heteroatoms. The first-order valence-electron chi connectivity index (χ1n) is 12.1. The molecular formula is C27H35N7O. The van der Waals surface area contributed by atoms with Crippen LogP contribution in [0.3, 0.4) is 0 Å². The third kappa shape index (κ3) is 5.67. The number of likely N-dealkylation sites (N-methyl/N-ethyl adjacent to an activating group) is 1. The van der Waals surface area contributed by atoms with Crippen molar-refractivity contribution in [3.63, 3.8) is 0 Å². The predicted molar refractivity (Wildman–Crippen MR) is 140 cm³/mol. The number of pyridine rings is 2. The summed E-state index contributed by atoms with van der Waals surface area (Å²) < 4.78 is 0. The van der Waals surface area contributed by atoms with Gasteiger partial charge in [0, 0.05) is 74.9 Å². The van der Waals surface area contributed by atoms with E-state index >= 15 is 0 Å². The molecule has 0 saturated carbocycles. The second-order valence-electron chi connectivity index (χ2n) is 9.41. The fourth-order valence-corrected chi connectivity index (χ4v) is 4.42. The lowest BCUT2D eigenvalue weighted by Crippen LogP contribution is -2.38. The van der Waals surface area contributed by atoms with Gasteiger partial charge < -0.3 is 15.5 Å². The van der Waals surface area contributed by atoms with Crippen LogP contribution >= 0.6 is 0 Å². The lowest BCUT2D eigenvalue weighted by atomic mass is 10.0. The van der Waals surface area contributed by atoms with E-state index in [1.54, 1.807) is 17.3 Å². The molecule has 0 atom stereocenters. The first-order chi connectivity index (χ1) is 16.9. The summed E-state index contributed by atoms with van der Waals surface area (Å²) in [6, 6.07) is 14.4. The highest BCUT2D eigenvalue weighted by molar-refractivity contribution is 5.98. The van der Waals surface area contributed by atoms with Gasteiger partial charge in [-0.15, -0.1) is 0 Å². The van der Waals surface area contributed by atoms with Gasteiger partial charge in [-0.05, 0) is 50.2 Å². The zero-order valence-corrected chi connectivity index (χ0v) is 21.0. The Hall–Kier alpha value is -3.33. The highest BCUT2D eigenvalue weighted by Crippen LogP contribution is 2.33. The van der Waals surface area contributed by atoms with Gasteiger partial charge in [-0.25, -0.2) is 10.4 Å². The molecule has 0 radical (unpaired) electrons. The molecule has 1 aromatic carbocycles. The van der Waals surface area contributed by atoms with E-state index in [1.807, 2.05) is 31.3 Å². The largest absolute Gasteiger partial charge is 0.337 e. The zero-order chi connectivity index (χ0) is 24.9. The van der Waals surface area contributed by atoms with Crippen molar-refractivity contribution in [2.24, 2.45) is 5.73 Å². The summed E-state index contributed by atoms with van der Waals surface area (Å²) >= 11 is 0. The minimum atomic E-state index is -0.0278. The highest BCUT2D eigenvalue weighted by Gasteiger charge is 2.30. The highest BCUT2D eigenvalue weighted by atomic mass is 16.2. The van der Waals surface area contributed by atoms with Crippen LogP contribution in [0.2, 0.25) is 0 Å². The van der Waals surface area contributed by atoms with Crippen LogP contribution in [0.25, 0.3) is 11.3 Å². The van der Waals surface area contributed by atoms with E-state index < -0.39 is 0 Å². The summed E-state index contributed by atoms with van der Waals surface area (Å²) in [6.07, 6.45) is 3.53. The van der Waals surface area contributed by atoms with Gasteiger partial charge in [0.15, 0.2) is 0 Å². The lowest BCUT2D eigenvalue weighted by Gasteiger charge is -2.24. The van der Waals surface area contributed by atoms with E-state index in [0.717, 1.165) is 41.3 Å². The fraction of sp³-hybridized carbons (Fsp3) is 0.370. The maximum Gasteiger partial charge on any atom is 0.254 e. The van der Waals surface area contributed by atoms with Gasteiger partial charge in [-0.2, -0.15) is 0 Å². The van der Waals surface area contributed by atoms with Crippen molar-refractivity contribution in [3.05, 3.63) is 77.1 Å². The lowest BCUT2D eigenvalue weighted by molar-refractivity contribution is 0.0784. The number of hydrogen-bond acceptors (Lipinski definition) is 7. The Morgan fingerprint density at radius 1 is 1.14 bits per heavy atom. The van der Waals surface area contributed by atoms with Crippen LogP contribution in [0.5, 0.6) is 0 Å². The maximum absolute atomic E-state index is 13.7. The number of nitrogens with one attached hydrogen (secondary N) is 1. The van der Waals surface area contributed by atoms with Gasteiger partial charge in [0.25, 0.3) is 5.91 Å². The average Bonchev–Trinajstić information content (AvgIpc) is 3.28. The van der Waals surface area contributed by atoms with Gasteiger partial charge in [-0.3, -0.25) is 14.8 Å². The number of fused-ring (bicyclic) bond motifs is 1. The third-order valence-electron chi connectivity index (χ3n) is 6.18.